The number of aliphatic carboxylic acids is 1. The van der Waals surface area contributed by atoms with Crippen LogP contribution >= 0.6 is 24.8 Å². The van der Waals surface area contributed by atoms with E-state index in [0.717, 1.165) is 17.0 Å². The Morgan fingerprint density at radius 1 is 0.929 bits per heavy atom. The zero-order valence-corrected chi connectivity index (χ0v) is 27.6. The molecule has 3 rings (SSSR count). The van der Waals surface area contributed by atoms with E-state index in [2.05, 4.69) is 42.7 Å². The minimum absolute atomic E-state index is 0.0421. The van der Waals surface area contributed by atoms with Gasteiger partial charge >= 0.3 is 5.97 Å². The molecular formula is C35H54N2O3S2. The van der Waals surface area contributed by atoms with Crippen LogP contribution in [0.5, 0.6) is 0 Å². The number of thiol groups is 1. The minimum atomic E-state index is -1.12. The Balaban J connectivity index is 1.35. The van der Waals surface area contributed by atoms with E-state index in [1.54, 1.807) is 6.08 Å². The molecule has 7 heteroatoms. The van der Waals surface area contributed by atoms with Gasteiger partial charge in [0.25, 0.3) is 5.91 Å². The van der Waals surface area contributed by atoms with Gasteiger partial charge in [0.2, 0.25) is 0 Å². The number of carbonyl (C=O) groups is 2. The van der Waals surface area contributed by atoms with Crippen molar-refractivity contribution in [2.24, 2.45) is 0 Å². The van der Waals surface area contributed by atoms with Crippen molar-refractivity contribution in [1.29, 1.82) is 0 Å². The predicted octanol–water partition coefficient (Wildman–Crippen LogP) is 9.55. The second-order valence-electron chi connectivity index (χ2n) is 12.4. The molecule has 0 saturated heterocycles. The van der Waals surface area contributed by atoms with Crippen LogP contribution in [0.2, 0.25) is 0 Å². The smallest absolute Gasteiger partial charge is 0.323 e. The highest BCUT2D eigenvalue weighted by atomic mass is 32.1. The zero-order valence-electron chi connectivity index (χ0n) is 25.9. The first-order valence-electron chi connectivity index (χ1n) is 16.8. The molecule has 1 aliphatic carbocycles. The Kier molecular flexibility index (Phi) is 16.0. The highest BCUT2D eigenvalue weighted by Crippen LogP contribution is 2.49. The number of unbranched alkanes of at least 4 members (excludes halogenated alkanes) is 15. The number of anilines is 1. The zero-order chi connectivity index (χ0) is 30.2. The van der Waals surface area contributed by atoms with Gasteiger partial charge in [-0.3, -0.25) is 14.5 Å². The van der Waals surface area contributed by atoms with E-state index in [9.17, 15) is 9.59 Å². The Morgan fingerprint density at radius 3 is 2.05 bits per heavy atom. The molecule has 2 unspecified atom stereocenters. The normalized spacial score (nSPS) is 17.5. The number of benzene rings is 1. The first-order chi connectivity index (χ1) is 20.4. The van der Waals surface area contributed by atoms with Gasteiger partial charge in [0.05, 0.1) is 0 Å². The first kappa shape index (κ1) is 34.6. The van der Waals surface area contributed by atoms with Gasteiger partial charge in [0.1, 0.15) is 10.9 Å². The van der Waals surface area contributed by atoms with Crippen LogP contribution < -0.4 is 4.90 Å². The molecule has 1 heterocycles. The number of carboxylic acids is 1. The molecule has 1 saturated carbocycles. The average Bonchev–Trinajstić information content (AvgIpc) is 3.56. The van der Waals surface area contributed by atoms with E-state index in [-0.39, 0.29) is 4.32 Å². The number of carboxylic acid groups (broad SMARTS) is 1. The van der Waals surface area contributed by atoms with E-state index in [4.69, 9.17) is 17.3 Å². The van der Waals surface area contributed by atoms with Gasteiger partial charge in [-0.2, -0.15) is 0 Å². The molecule has 0 bridgehead atoms. The standard InChI is InChI=1S/C35H54N2O3S2/c1-2-3-4-5-6-7-8-9-10-11-12-13-14-15-16-17-25-36-31-20-18-19-29(31)30-26-28(21-23-32(30)36)22-24-33(38)37(35(41)42)27-34(39)40/h21-24,26,29,31H,2-20,25,27H2,1H3,(H,39,40)(H,41,42)/b24-22+. The monoisotopic (exact) mass is 614 g/mol. The third kappa shape index (κ3) is 11.3. The number of thiocarbonyl (C=S) groups is 1. The maximum atomic E-state index is 12.5. The largest absolute Gasteiger partial charge is 0.480 e. The molecule has 5 nitrogen and oxygen atoms in total. The Hall–Kier alpha value is -1.86. The second-order valence-corrected chi connectivity index (χ2v) is 13.5. The molecule has 1 amide bonds. The van der Waals surface area contributed by atoms with Gasteiger partial charge in [-0.1, -0.05) is 128 Å². The van der Waals surface area contributed by atoms with E-state index in [1.165, 1.54) is 139 Å². The van der Waals surface area contributed by atoms with Gasteiger partial charge in [-0.25, -0.2) is 0 Å². The third-order valence-electron chi connectivity index (χ3n) is 9.10. The van der Waals surface area contributed by atoms with Gasteiger partial charge in [0, 0.05) is 30.3 Å². The van der Waals surface area contributed by atoms with E-state index in [1.807, 2.05) is 0 Å². The molecule has 0 radical (unpaired) electrons. The van der Waals surface area contributed by atoms with Crippen molar-refractivity contribution < 1.29 is 14.7 Å². The second kappa shape index (κ2) is 19.4. The number of hydrogen-bond acceptors (Lipinski definition) is 4. The van der Waals surface area contributed by atoms with E-state index >= 15 is 0 Å². The van der Waals surface area contributed by atoms with Crippen molar-refractivity contribution >= 4 is 52.8 Å². The SMILES string of the molecule is CCCCCCCCCCCCCCCCCCN1c2ccc(/C=C/C(=O)N(CC(=O)O)C(=S)S)cc2C2CCCC21. The summed E-state index contributed by atoms with van der Waals surface area (Å²) in [5, 5.41) is 9.06. The quantitative estimate of drug-likeness (QED) is 0.0625. The molecule has 1 aromatic carbocycles. The van der Waals surface area contributed by atoms with Gasteiger partial charge in [0.15, 0.2) is 0 Å². The molecular weight excluding hydrogens is 561 g/mol. The number of carbonyl (C=O) groups excluding carboxylic acids is 1. The van der Waals surface area contributed by atoms with Crippen molar-refractivity contribution in [3.8, 4) is 0 Å². The van der Waals surface area contributed by atoms with Crippen molar-refractivity contribution in [1.82, 2.24) is 4.90 Å². The van der Waals surface area contributed by atoms with E-state index in [0.29, 0.717) is 12.0 Å². The number of fused-ring (bicyclic) bond motifs is 3. The van der Waals surface area contributed by atoms with Gasteiger partial charge in [-0.05, 0) is 48.6 Å². The first-order valence-corrected chi connectivity index (χ1v) is 17.6. The molecule has 2 atom stereocenters. The number of amides is 1. The molecule has 234 valence electrons. The van der Waals surface area contributed by atoms with Gasteiger partial charge < -0.3 is 10.0 Å². The fourth-order valence-electron chi connectivity index (χ4n) is 6.84. The van der Waals surface area contributed by atoms with Crippen LogP contribution in [0.3, 0.4) is 0 Å². The summed E-state index contributed by atoms with van der Waals surface area (Å²) < 4.78 is -0.0421. The topological polar surface area (TPSA) is 60.9 Å². The molecule has 1 aliphatic heterocycles. The fourth-order valence-corrected chi connectivity index (χ4v) is 7.16. The molecule has 1 N–H and O–H groups in total. The molecule has 1 aromatic rings. The summed E-state index contributed by atoms with van der Waals surface area (Å²) in [7, 11) is 0. The van der Waals surface area contributed by atoms with Gasteiger partial charge in [-0.15, -0.1) is 12.6 Å². The number of rotatable bonds is 21. The Labute approximate surface area is 265 Å². The summed E-state index contributed by atoms with van der Waals surface area (Å²) in [6.45, 7) is 2.92. The summed E-state index contributed by atoms with van der Waals surface area (Å²) in [6, 6.07) is 7.09. The maximum Gasteiger partial charge on any atom is 0.323 e. The average molecular weight is 615 g/mol. The Morgan fingerprint density at radius 2 is 1.50 bits per heavy atom. The number of hydrogen-bond donors (Lipinski definition) is 2. The van der Waals surface area contributed by atoms with Crippen LogP contribution in [0.4, 0.5) is 5.69 Å². The highest BCUT2D eigenvalue weighted by Gasteiger charge is 2.40. The highest BCUT2D eigenvalue weighted by molar-refractivity contribution is 8.11. The van der Waals surface area contributed by atoms with Crippen LogP contribution in [0.25, 0.3) is 6.08 Å². The molecule has 1 fully saturated rings. The van der Waals surface area contributed by atoms with Crippen LogP contribution in [0.1, 0.15) is 146 Å². The van der Waals surface area contributed by atoms with Crippen molar-refractivity contribution in [3.05, 3.63) is 35.4 Å². The van der Waals surface area contributed by atoms with Crippen molar-refractivity contribution in [2.75, 3.05) is 18.0 Å². The van der Waals surface area contributed by atoms with Crippen LogP contribution in [-0.2, 0) is 9.59 Å². The molecule has 0 aromatic heterocycles. The lowest BCUT2D eigenvalue weighted by Crippen LogP contribution is -2.36. The van der Waals surface area contributed by atoms with Crippen LogP contribution in [0, 0.1) is 0 Å². The summed E-state index contributed by atoms with van der Waals surface area (Å²) in [5.41, 5.74) is 3.71. The Bertz CT molecular complexity index is 1030. The van der Waals surface area contributed by atoms with Crippen molar-refractivity contribution in [2.45, 2.75) is 141 Å². The summed E-state index contributed by atoms with van der Waals surface area (Å²) in [5.74, 6) is -1.03. The molecule has 2 aliphatic rings. The van der Waals surface area contributed by atoms with E-state index < -0.39 is 18.4 Å². The molecule has 0 spiro atoms. The fraction of sp³-hybridized carbons (Fsp3) is 0.686. The molecule has 42 heavy (non-hydrogen) atoms. The predicted molar refractivity (Wildman–Crippen MR) is 184 cm³/mol. The third-order valence-corrected chi connectivity index (χ3v) is 9.56. The lowest BCUT2D eigenvalue weighted by molar-refractivity contribution is -0.140. The van der Waals surface area contributed by atoms with Crippen molar-refractivity contribution in [3.63, 3.8) is 0 Å². The number of nitrogens with zero attached hydrogens (tertiary/aromatic N) is 2. The summed E-state index contributed by atoms with van der Waals surface area (Å²) >= 11 is 8.95. The summed E-state index contributed by atoms with van der Waals surface area (Å²) in [4.78, 5) is 27.2. The minimum Gasteiger partial charge on any atom is -0.480 e. The van der Waals surface area contributed by atoms with Crippen LogP contribution in [0.15, 0.2) is 24.3 Å². The lowest BCUT2D eigenvalue weighted by Gasteiger charge is -2.27. The lowest BCUT2D eigenvalue weighted by atomic mass is 9.96. The van der Waals surface area contributed by atoms with Crippen LogP contribution in [-0.4, -0.2) is 45.3 Å². The maximum absolute atomic E-state index is 12.5. The summed E-state index contributed by atoms with van der Waals surface area (Å²) in [6.07, 6.45) is 29.2.